The number of hydrogen-bond acceptors (Lipinski definition) is 3. The van der Waals surface area contributed by atoms with Crippen LogP contribution >= 0.6 is 0 Å². The van der Waals surface area contributed by atoms with Crippen LogP contribution in [0.2, 0.25) is 0 Å². The molecule has 0 unspecified atom stereocenters. The van der Waals surface area contributed by atoms with Crippen molar-refractivity contribution < 1.29 is 14.7 Å². The molecular weight excluding hydrogens is 460 g/mol. The normalized spacial score (nSPS) is 20.3. The van der Waals surface area contributed by atoms with Gasteiger partial charge in [0.05, 0.1) is 6.54 Å². The van der Waals surface area contributed by atoms with Crippen molar-refractivity contribution in [3.05, 3.63) is 90.0 Å². The Kier molecular flexibility index (Phi) is 7.13. The molecule has 190 valence electrons. The van der Waals surface area contributed by atoms with Crippen molar-refractivity contribution in [1.29, 1.82) is 0 Å². The molecule has 3 aromatic rings. The molecule has 0 heterocycles. The van der Waals surface area contributed by atoms with E-state index in [1.54, 1.807) is 6.08 Å². The average molecular weight is 495 g/mol. The molecule has 2 aliphatic carbocycles. The van der Waals surface area contributed by atoms with E-state index in [0.29, 0.717) is 18.4 Å². The van der Waals surface area contributed by atoms with Gasteiger partial charge in [0.15, 0.2) is 0 Å². The molecule has 0 radical (unpaired) electrons. The summed E-state index contributed by atoms with van der Waals surface area (Å²) in [5.41, 5.74) is 6.10. The van der Waals surface area contributed by atoms with Crippen LogP contribution in [-0.4, -0.2) is 31.1 Å². The summed E-state index contributed by atoms with van der Waals surface area (Å²) < 4.78 is 0. The Morgan fingerprint density at radius 2 is 1.59 bits per heavy atom. The molecular formula is C32H34N2O3. The lowest BCUT2D eigenvalue weighted by atomic mass is 9.87. The Labute approximate surface area is 219 Å². The summed E-state index contributed by atoms with van der Waals surface area (Å²) in [6.45, 7) is 0.485. The largest absolute Gasteiger partial charge is 0.478 e. The minimum absolute atomic E-state index is 0.0754. The number of hydrogen-bond donors (Lipinski definition) is 1. The van der Waals surface area contributed by atoms with Gasteiger partial charge in [0.2, 0.25) is 5.91 Å². The maximum Gasteiger partial charge on any atom is 0.328 e. The topological polar surface area (TPSA) is 60.9 Å². The van der Waals surface area contributed by atoms with Gasteiger partial charge in [0.1, 0.15) is 0 Å². The molecule has 0 saturated heterocycles. The van der Waals surface area contributed by atoms with Gasteiger partial charge in [0.25, 0.3) is 0 Å². The number of carboxylic acid groups (broad SMARTS) is 1. The third-order valence-corrected chi connectivity index (χ3v) is 7.93. The average Bonchev–Trinajstić information content (AvgIpc) is 3.55. The molecule has 2 saturated carbocycles. The van der Waals surface area contributed by atoms with Crippen LogP contribution in [0.3, 0.4) is 0 Å². The van der Waals surface area contributed by atoms with Crippen LogP contribution in [0, 0.1) is 17.8 Å². The molecule has 2 fully saturated rings. The summed E-state index contributed by atoms with van der Waals surface area (Å²) >= 11 is 0. The number of fused-ring (bicyclic) bond motifs is 2. The van der Waals surface area contributed by atoms with Crippen molar-refractivity contribution in [1.82, 2.24) is 0 Å². The smallest absolute Gasteiger partial charge is 0.328 e. The van der Waals surface area contributed by atoms with Crippen molar-refractivity contribution in [2.75, 3.05) is 23.9 Å². The number of nitrogens with zero attached hydrogens (tertiary/aromatic N) is 2. The highest BCUT2D eigenvalue weighted by molar-refractivity contribution is 5.96. The number of rotatable bonds is 8. The third kappa shape index (κ3) is 5.61. The first kappa shape index (κ1) is 24.8. The second-order valence-corrected chi connectivity index (χ2v) is 10.6. The number of amides is 1. The molecule has 0 aromatic heterocycles. The summed E-state index contributed by atoms with van der Waals surface area (Å²) in [6, 6.07) is 24.5. The van der Waals surface area contributed by atoms with E-state index in [9.17, 15) is 9.59 Å². The number of carbonyl (C=O) groups is 2. The van der Waals surface area contributed by atoms with E-state index in [0.717, 1.165) is 52.5 Å². The van der Waals surface area contributed by atoms with Crippen LogP contribution in [-0.2, 0) is 16.1 Å². The molecule has 5 nitrogen and oxygen atoms in total. The van der Waals surface area contributed by atoms with E-state index in [-0.39, 0.29) is 11.8 Å². The maximum atomic E-state index is 13.9. The van der Waals surface area contributed by atoms with Gasteiger partial charge in [-0.1, -0.05) is 55.0 Å². The van der Waals surface area contributed by atoms with Gasteiger partial charge >= 0.3 is 5.97 Å². The first-order chi connectivity index (χ1) is 17.9. The van der Waals surface area contributed by atoms with E-state index in [1.807, 2.05) is 43.3 Å². The van der Waals surface area contributed by atoms with E-state index in [1.165, 1.54) is 12.8 Å². The highest BCUT2D eigenvalue weighted by atomic mass is 16.4. The SMILES string of the molecule is CN(C)c1ccc(-c2ccc(CN(C(=O)[C@@H]3C[C@@H]4CC[C@H]3C4)c3cccc(/C=C/C(=O)O)c3)cc2)cc1. The molecule has 1 amide bonds. The summed E-state index contributed by atoms with van der Waals surface area (Å²) in [7, 11) is 4.07. The number of benzene rings is 3. The molecule has 5 heteroatoms. The van der Waals surface area contributed by atoms with Crippen LogP contribution in [0.1, 0.15) is 36.8 Å². The molecule has 0 spiro atoms. The van der Waals surface area contributed by atoms with Crippen molar-refractivity contribution >= 4 is 29.3 Å². The molecule has 3 aromatic carbocycles. The van der Waals surface area contributed by atoms with Gasteiger partial charge in [-0.25, -0.2) is 4.79 Å². The maximum absolute atomic E-state index is 13.9. The van der Waals surface area contributed by atoms with E-state index >= 15 is 0 Å². The quantitative estimate of drug-likeness (QED) is 0.364. The van der Waals surface area contributed by atoms with E-state index in [2.05, 4.69) is 53.4 Å². The van der Waals surface area contributed by atoms with Gasteiger partial charge in [-0.3, -0.25) is 4.79 Å². The lowest BCUT2D eigenvalue weighted by Crippen LogP contribution is -2.38. The fourth-order valence-corrected chi connectivity index (χ4v) is 5.94. The molecule has 2 bridgehead atoms. The predicted octanol–water partition coefficient (Wildman–Crippen LogP) is 6.49. The molecule has 5 rings (SSSR count). The summed E-state index contributed by atoms with van der Waals surface area (Å²) in [5, 5.41) is 9.03. The van der Waals surface area contributed by atoms with Crippen molar-refractivity contribution in [3.8, 4) is 11.1 Å². The fourth-order valence-electron chi connectivity index (χ4n) is 5.94. The van der Waals surface area contributed by atoms with Crippen LogP contribution in [0.5, 0.6) is 0 Å². The van der Waals surface area contributed by atoms with Crippen LogP contribution in [0.15, 0.2) is 78.9 Å². The van der Waals surface area contributed by atoms with Gasteiger partial charge < -0.3 is 14.9 Å². The Morgan fingerprint density at radius 3 is 2.19 bits per heavy atom. The van der Waals surface area contributed by atoms with Crippen LogP contribution < -0.4 is 9.80 Å². The Balaban J connectivity index is 1.40. The zero-order valence-corrected chi connectivity index (χ0v) is 21.5. The Bertz CT molecular complexity index is 1290. The second kappa shape index (κ2) is 10.6. The minimum atomic E-state index is -0.989. The van der Waals surface area contributed by atoms with E-state index < -0.39 is 5.97 Å². The molecule has 37 heavy (non-hydrogen) atoms. The fraction of sp³-hybridized carbons (Fsp3) is 0.312. The summed E-state index contributed by atoms with van der Waals surface area (Å²) in [4.78, 5) is 28.9. The Hall–Kier alpha value is -3.86. The zero-order valence-electron chi connectivity index (χ0n) is 21.5. The standard InChI is InChI=1S/C32H34N2O3/c1-33(2)28-15-13-26(14-16-28)25-10-6-23(7-11-25)21-34(32(37)30-20-24-8-12-27(30)18-24)29-5-3-4-22(19-29)9-17-31(35)36/h3-7,9-11,13-17,19,24,27,30H,8,12,18,20-21H2,1-2H3,(H,35,36)/b17-9+/t24-,27+,30-/m1/s1. The molecule has 2 aliphatic rings. The van der Waals surface area contributed by atoms with E-state index in [4.69, 9.17) is 5.11 Å². The molecule has 0 aliphatic heterocycles. The number of carboxylic acids is 1. The van der Waals surface area contributed by atoms with Crippen molar-refractivity contribution in [2.45, 2.75) is 32.2 Å². The minimum Gasteiger partial charge on any atom is -0.478 e. The monoisotopic (exact) mass is 494 g/mol. The van der Waals surface area contributed by atoms with Crippen LogP contribution in [0.4, 0.5) is 11.4 Å². The Morgan fingerprint density at radius 1 is 0.892 bits per heavy atom. The number of aliphatic carboxylic acids is 1. The van der Waals surface area contributed by atoms with Crippen molar-refractivity contribution in [2.24, 2.45) is 17.8 Å². The zero-order chi connectivity index (χ0) is 25.9. The van der Waals surface area contributed by atoms with Gasteiger partial charge in [-0.2, -0.15) is 0 Å². The number of carbonyl (C=O) groups excluding carboxylic acids is 1. The highest BCUT2D eigenvalue weighted by Crippen LogP contribution is 2.49. The van der Waals surface area contributed by atoms with Crippen LogP contribution in [0.25, 0.3) is 17.2 Å². The van der Waals surface area contributed by atoms with Gasteiger partial charge in [-0.05, 0) is 83.7 Å². The lowest BCUT2D eigenvalue weighted by molar-refractivity contribution is -0.131. The van der Waals surface area contributed by atoms with Gasteiger partial charge in [0, 0.05) is 37.5 Å². The first-order valence-corrected chi connectivity index (χ1v) is 13.1. The highest BCUT2D eigenvalue weighted by Gasteiger charge is 2.44. The first-order valence-electron chi connectivity index (χ1n) is 13.1. The van der Waals surface area contributed by atoms with Crippen molar-refractivity contribution in [3.63, 3.8) is 0 Å². The lowest BCUT2D eigenvalue weighted by Gasteiger charge is -2.30. The predicted molar refractivity (Wildman–Crippen MR) is 149 cm³/mol. The molecule has 1 N–H and O–H groups in total. The number of anilines is 2. The third-order valence-electron chi connectivity index (χ3n) is 7.93. The summed E-state index contributed by atoms with van der Waals surface area (Å²) in [6.07, 6.45) is 7.26. The molecule has 3 atom stereocenters. The second-order valence-electron chi connectivity index (χ2n) is 10.6. The van der Waals surface area contributed by atoms with Gasteiger partial charge in [-0.15, -0.1) is 0 Å². The summed E-state index contributed by atoms with van der Waals surface area (Å²) in [5.74, 6) is 0.449.